The average Bonchev–Trinajstić information content (AvgIpc) is 3.07. The van der Waals surface area contributed by atoms with Gasteiger partial charge in [0.25, 0.3) is 5.91 Å². The van der Waals surface area contributed by atoms with Gasteiger partial charge in [0.05, 0.1) is 5.41 Å². The van der Waals surface area contributed by atoms with Crippen LogP contribution in [-0.4, -0.2) is 23.2 Å². The topological polar surface area (TPSA) is 50.3 Å². The molecule has 4 heteroatoms. The summed E-state index contributed by atoms with van der Waals surface area (Å²) < 4.78 is 0. The Labute approximate surface area is 171 Å². The summed E-state index contributed by atoms with van der Waals surface area (Å²) in [6.07, 6.45) is 1.61. The minimum Gasteiger partial charge on any atom is -0.305 e. The van der Waals surface area contributed by atoms with Crippen LogP contribution in [0.1, 0.15) is 58.7 Å². The van der Waals surface area contributed by atoms with Gasteiger partial charge in [0.15, 0.2) is 5.78 Å². The molecule has 2 aromatic carbocycles. The molecule has 0 fully saturated rings. The number of anilines is 1. The van der Waals surface area contributed by atoms with Gasteiger partial charge < -0.3 is 4.90 Å². The maximum atomic E-state index is 13.6. The number of rotatable bonds is 4. The second-order valence-corrected chi connectivity index (χ2v) is 8.06. The highest BCUT2D eigenvalue weighted by atomic mass is 16.2. The third-order valence-electron chi connectivity index (χ3n) is 5.71. The van der Waals surface area contributed by atoms with Crippen molar-refractivity contribution in [3.05, 3.63) is 95.3 Å². The number of pyridine rings is 1. The van der Waals surface area contributed by atoms with E-state index in [4.69, 9.17) is 0 Å². The van der Waals surface area contributed by atoms with Crippen LogP contribution in [0, 0.1) is 0 Å². The van der Waals surface area contributed by atoms with Crippen molar-refractivity contribution in [2.45, 2.75) is 32.1 Å². The predicted molar refractivity (Wildman–Crippen MR) is 115 cm³/mol. The molecule has 0 saturated carbocycles. The van der Waals surface area contributed by atoms with Gasteiger partial charge >= 0.3 is 0 Å². The quantitative estimate of drug-likeness (QED) is 0.595. The Balaban J connectivity index is 1.83. The van der Waals surface area contributed by atoms with Gasteiger partial charge in [-0.1, -0.05) is 62.4 Å². The van der Waals surface area contributed by atoms with Crippen LogP contribution < -0.4 is 4.90 Å². The van der Waals surface area contributed by atoms with Crippen LogP contribution in [0.3, 0.4) is 0 Å². The molecule has 0 aliphatic carbocycles. The van der Waals surface area contributed by atoms with E-state index in [2.05, 4.69) is 24.9 Å². The summed E-state index contributed by atoms with van der Waals surface area (Å²) >= 11 is 0. The molecule has 1 atom stereocenters. The number of aromatic nitrogens is 1. The highest BCUT2D eigenvalue weighted by Gasteiger charge is 2.47. The molecular formula is C25H24N2O2. The van der Waals surface area contributed by atoms with Crippen molar-refractivity contribution in [2.24, 2.45) is 0 Å². The molecule has 2 heterocycles. The minimum absolute atomic E-state index is 0.0246. The van der Waals surface area contributed by atoms with E-state index in [9.17, 15) is 9.59 Å². The third kappa shape index (κ3) is 3.25. The Kier molecular flexibility index (Phi) is 4.79. The molecule has 146 valence electrons. The van der Waals surface area contributed by atoms with Crippen LogP contribution in [-0.2, 0) is 5.41 Å². The number of nitrogens with zero attached hydrogens (tertiary/aromatic N) is 2. The van der Waals surface area contributed by atoms with E-state index in [0.29, 0.717) is 23.7 Å². The highest BCUT2D eigenvalue weighted by molar-refractivity contribution is 6.12. The molecule has 1 aliphatic rings. The molecule has 0 radical (unpaired) electrons. The standard InChI is InChI=1S/C25H24N2O2/c1-17(2)19-12-13-22-20(15-19)25(3,23(28)18-9-5-4-6-10-18)16-27(22)24(29)21-11-7-8-14-26-21/h4-15,17H,16H2,1-3H3/t25-/m0/s1. The van der Waals surface area contributed by atoms with Gasteiger partial charge in [0.1, 0.15) is 5.69 Å². The van der Waals surface area contributed by atoms with E-state index < -0.39 is 5.41 Å². The lowest BCUT2D eigenvalue weighted by molar-refractivity contribution is 0.0899. The molecule has 4 nitrogen and oxygen atoms in total. The number of carbonyl (C=O) groups is 2. The lowest BCUT2D eigenvalue weighted by Crippen LogP contribution is -2.40. The molecule has 0 saturated heterocycles. The van der Waals surface area contributed by atoms with Crippen molar-refractivity contribution in [1.82, 2.24) is 4.98 Å². The van der Waals surface area contributed by atoms with E-state index >= 15 is 0 Å². The van der Waals surface area contributed by atoms with Crippen molar-refractivity contribution < 1.29 is 9.59 Å². The fraction of sp³-hybridized carbons (Fsp3) is 0.240. The summed E-state index contributed by atoms with van der Waals surface area (Å²) in [6.45, 7) is 6.50. The van der Waals surface area contributed by atoms with Crippen molar-refractivity contribution >= 4 is 17.4 Å². The van der Waals surface area contributed by atoms with Gasteiger partial charge in [0, 0.05) is 24.0 Å². The minimum atomic E-state index is -0.813. The van der Waals surface area contributed by atoms with Crippen molar-refractivity contribution in [2.75, 3.05) is 11.4 Å². The van der Waals surface area contributed by atoms with E-state index in [1.807, 2.05) is 49.4 Å². The average molecular weight is 384 g/mol. The van der Waals surface area contributed by atoms with Gasteiger partial charge in [-0.15, -0.1) is 0 Å². The summed E-state index contributed by atoms with van der Waals surface area (Å²) in [7, 11) is 0. The van der Waals surface area contributed by atoms with Crippen LogP contribution in [0.5, 0.6) is 0 Å². The Hall–Kier alpha value is -3.27. The third-order valence-corrected chi connectivity index (χ3v) is 5.71. The highest BCUT2D eigenvalue weighted by Crippen LogP contribution is 2.44. The normalized spacial score (nSPS) is 18.0. The number of carbonyl (C=O) groups excluding carboxylic acids is 2. The first-order valence-corrected chi connectivity index (χ1v) is 9.89. The first-order valence-electron chi connectivity index (χ1n) is 9.89. The second-order valence-electron chi connectivity index (χ2n) is 8.06. The molecular weight excluding hydrogens is 360 g/mol. The molecule has 0 unspecified atom stereocenters. The number of benzene rings is 2. The molecule has 3 aromatic rings. The summed E-state index contributed by atoms with van der Waals surface area (Å²) in [5, 5.41) is 0. The first-order chi connectivity index (χ1) is 13.9. The van der Waals surface area contributed by atoms with Crippen LogP contribution in [0.25, 0.3) is 0 Å². The molecule has 0 bridgehead atoms. The first kappa shape index (κ1) is 19.1. The van der Waals surface area contributed by atoms with Gasteiger partial charge in [-0.3, -0.25) is 14.6 Å². The molecule has 1 aliphatic heterocycles. The number of Topliss-reactive ketones (excluding diaryl/α,β-unsaturated/α-hetero) is 1. The zero-order chi connectivity index (χ0) is 20.6. The number of hydrogen-bond acceptors (Lipinski definition) is 3. The van der Waals surface area contributed by atoms with Crippen LogP contribution in [0.2, 0.25) is 0 Å². The smallest absolute Gasteiger partial charge is 0.276 e. The maximum absolute atomic E-state index is 13.6. The molecule has 0 N–H and O–H groups in total. The lowest BCUT2D eigenvalue weighted by atomic mass is 9.77. The van der Waals surface area contributed by atoms with Crippen LogP contribution in [0.15, 0.2) is 72.9 Å². The van der Waals surface area contributed by atoms with E-state index in [1.165, 1.54) is 0 Å². The van der Waals surface area contributed by atoms with Crippen molar-refractivity contribution in [1.29, 1.82) is 0 Å². The second kappa shape index (κ2) is 7.28. The molecule has 0 spiro atoms. The van der Waals surface area contributed by atoms with Gasteiger partial charge in [-0.25, -0.2) is 0 Å². The summed E-state index contributed by atoms with van der Waals surface area (Å²) in [5.41, 5.74) is 3.07. The van der Waals surface area contributed by atoms with Gasteiger partial charge in [-0.05, 0) is 42.2 Å². The summed E-state index contributed by atoms with van der Waals surface area (Å²) in [5.74, 6) is 0.169. The summed E-state index contributed by atoms with van der Waals surface area (Å²) in [4.78, 5) is 32.7. The Morgan fingerprint density at radius 3 is 2.38 bits per heavy atom. The fourth-order valence-corrected chi connectivity index (χ4v) is 3.99. The Morgan fingerprint density at radius 1 is 1.00 bits per heavy atom. The maximum Gasteiger partial charge on any atom is 0.276 e. The number of amides is 1. The Bertz CT molecular complexity index is 1060. The monoisotopic (exact) mass is 384 g/mol. The SMILES string of the molecule is CC(C)c1ccc2c(c1)[C@@](C)(C(=O)c1ccccc1)CN2C(=O)c1ccccn1. The van der Waals surface area contributed by atoms with Gasteiger partial charge in [-0.2, -0.15) is 0 Å². The van der Waals surface area contributed by atoms with E-state index in [1.54, 1.807) is 29.3 Å². The fourth-order valence-electron chi connectivity index (χ4n) is 3.99. The molecule has 29 heavy (non-hydrogen) atoms. The Morgan fingerprint density at radius 2 is 1.72 bits per heavy atom. The number of hydrogen-bond donors (Lipinski definition) is 0. The molecule has 1 amide bonds. The molecule has 1 aromatic heterocycles. The van der Waals surface area contributed by atoms with E-state index in [-0.39, 0.29) is 11.7 Å². The number of ketones is 1. The zero-order valence-electron chi connectivity index (χ0n) is 16.9. The van der Waals surface area contributed by atoms with Crippen LogP contribution in [0.4, 0.5) is 5.69 Å². The predicted octanol–water partition coefficient (Wildman–Crippen LogP) is 5.01. The number of fused-ring (bicyclic) bond motifs is 1. The van der Waals surface area contributed by atoms with Crippen molar-refractivity contribution in [3.8, 4) is 0 Å². The summed E-state index contributed by atoms with van der Waals surface area (Å²) in [6, 6.07) is 20.7. The van der Waals surface area contributed by atoms with Gasteiger partial charge in [0.2, 0.25) is 0 Å². The lowest BCUT2D eigenvalue weighted by Gasteiger charge is -2.24. The zero-order valence-corrected chi connectivity index (χ0v) is 16.9. The largest absolute Gasteiger partial charge is 0.305 e. The van der Waals surface area contributed by atoms with E-state index in [0.717, 1.165) is 16.8 Å². The van der Waals surface area contributed by atoms with Crippen LogP contribution >= 0.6 is 0 Å². The van der Waals surface area contributed by atoms with Crippen molar-refractivity contribution in [3.63, 3.8) is 0 Å². The molecule has 4 rings (SSSR count).